The van der Waals surface area contributed by atoms with Gasteiger partial charge in [-0.05, 0) is 12.1 Å². The topological polar surface area (TPSA) is 50.4 Å². The van der Waals surface area contributed by atoms with Crippen LogP contribution in [0.2, 0.25) is 0 Å². The predicted octanol–water partition coefficient (Wildman–Crippen LogP) is 3.50. The molecule has 23 heavy (non-hydrogen) atoms. The highest BCUT2D eigenvalue weighted by Crippen LogP contribution is 2.28. The minimum Gasteiger partial charge on any atom is -0.368 e. The maximum absolute atomic E-state index is 14.4. The van der Waals surface area contributed by atoms with Gasteiger partial charge in [-0.1, -0.05) is 41.6 Å². The van der Waals surface area contributed by atoms with Crippen molar-refractivity contribution in [2.45, 2.75) is 0 Å². The number of nitrogens with zero attached hydrogens (tertiary/aromatic N) is 2. The van der Waals surface area contributed by atoms with Crippen LogP contribution in [0, 0.1) is 5.82 Å². The minimum atomic E-state index is -0.341. The summed E-state index contributed by atoms with van der Waals surface area (Å²) in [4.78, 5) is 4.30. The van der Waals surface area contributed by atoms with E-state index in [1.165, 1.54) is 6.07 Å². The molecule has 5 heteroatoms. The second-order valence-electron chi connectivity index (χ2n) is 5.29. The first-order chi connectivity index (χ1) is 11.3. The van der Waals surface area contributed by atoms with Gasteiger partial charge in [0.2, 0.25) is 0 Å². The van der Waals surface area contributed by atoms with Gasteiger partial charge in [0, 0.05) is 29.3 Å². The lowest BCUT2D eigenvalue weighted by atomic mass is 10.1. The van der Waals surface area contributed by atoms with E-state index in [0.29, 0.717) is 17.0 Å². The Morgan fingerprint density at radius 3 is 2.61 bits per heavy atom. The lowest BCUT2D eigenvalue weighted by Crippen LogP contribution is -2.19. The van der Waals surface area contributed by atoms with Gasteiger partial charge in [-0.3, -0.25) is 4.99 Å². The molecule has 2 heterocycles. The van der Waals surface area contributed by atoms with Crippen molar-refractivity contribution in [3.63, 3.8) is 0 Å². The van der Waals surface area contributed by atoms with Gasteiger partial charge in [0.25, 0.3) is 0 Å². The maximum atomic E-state index is 14.4. The van der Waals surface area contributed by atoms with E-state index < -0.39 is 0 Å². The Labute approximate surface area is 132 Å². The number of hydrogen-bond donors (Lipinski definition) is 1. The molecule has 0 fully saturated rings. The fourth-order valence-electron chi connectivity index (χ4n) is 2.60. The Morgan fingerprint density at radius 2 is 1.87 bits per heavy atom. The van der Waals surface area contributed by atoms with Crippen molar-refractivity contribution in [1.82, 2.24) is 10.5 Å². The first kappa shape index (κ1) is 13.7. The zero-order chi connectivity index (χ0) is 15.6. The van der Waals surface area contributed by atoms with Gasteiger partial charge in [0.05, 0.1) is 6.54 Å². The van der Waals surface area contributed by atoms with Gasteiger partial charge in [0.15, 0.2) is 5.76 Å². The standard InChI is InChI=1S/C18H14FN3O/c19-15-10-13(18-20-8-9-21-18)6-7-14(15)16-11-17(23-22-16)12-4-2-1-3-5-12/h1-7,10-11H,8-9H2,(H,20,21). The molecule has 0 amide bonds. The molecule has 1 aliphatic heterocycles. The molecule has 0 unspecified atom stereocenters. The highest BCUT2D eigenvalue weighted by atomic mass is 19.1. The predicted molar refractivity (Wildman–Crippen MR) is 86.7 cm³/mol. The van der Waals surface area contributed by atoms with Crippen molar-refractivity contribution in [1.29, 1.82) is 0 Å². The molecule has 0 bridgehead atoms. The first-order valence-electron chi connectivity index (χ1n) is 7.42. The molecule has 114 valence electrons. The fourth-order valence-corrected chi connectivity index (χ4v) is 2.60. The zero-order valence-corrected chi connectivity index (χ0v) is 12.3. The van der Waals surface area contributed by atoms with Gasteiger partial charge >= 0.3 is 0 Å². The van der Waals surface area contributed by atoms with Crippen LogP contribution in [-0.4, -0.2) is 24.1 Å². The molecule has 3 aromatic rings. The van der Waals surface area contributed by atoms with E-state index in [2.05, 4.69) is 15.5 Å². The number of aliphatic imine (C=N–C) groups is 1. The normalized spacial score (nSPS) is 13.7. The van der Waals surface area contributed by atoms with Crippen molar-refractivity contribution >= 4 is 5.84 Å². The van der Waals surface area contributed by atoms with E-state index in [1.54, 1.807) is 12.1 Å². The summed E-state index contributed by atoms with van der Waals surface area (Å²) in [6, 6.07) is 16.4. The van der Waals surface area contributed by atoms with E-state index in [1.807, 2.05) is 36.4 Å². The second kappa shape index (κ2) is 5.68. The maximum Gasteiger partial charge on any atom is 0.167 e. The number of aromatic nitrogens is 1. The van der Waals surface area contributed by atoms with Crippen LogP contribution in [0.1, 0.15) is 5.56 Å². The van der Waals surface area contributed by atoms with E-state index in [-0.39, 0.29) is 5.82 Å². The largest absolute Gasteiger partial charge is 0.368 e. The van der Waals surface area contributed by atoms with Crippen LogP contribution in [0.25, 0.3) is 22.6 Å². The molecule has 0 atom stereocenters. The third kappa shape index (κ3) is 2.61. The third-order valence-electron chi connectivity index (χ3n) is 3.76. The van der Waals surface area contributed by atoms with Crippen LogP contribution < -0.4 is 5.32 Å². The lowest BCUT2D eigenvalue weighted by molar-refractivity contribution is 0.434. The van der Waals surface area contributed by atoms with Crippen LogP contribution in [0.5, 0.6) is 0 Å². The van der Waals surface area contributed by atoms with Crippen molar-refractivity contribution in [3.8, 4) is 22.6 Å². The molecule has 0 spiro atoms. The van der Waals surface area contributed by atoms with Gasteiger partial charge in [-0.15, -0.1) is 0 Å². The molecule has 1 aliphatic rings. The number of nitrogens with one attached hydrogen (secondary N) is 1. The van der Waals surface area contributed by atoms with Crippen LogP contribution >= 0.6 is 0 Å². The zero-order valence-electron chi connectivity index (χ0n) is 12.3. The van der Waals surface area contributed by atoms with Crippen molar-refractivity contribution in [2.24, 2.45) is 4.99 Å². The lowest BCUT2D eigenvalue weighted by Gasteiger charge is -2.04. The fraction of sp³-hybridized carbons (Fsp3) is 0.111. The molecule has 4 nitrogen and oxygen atoms in total. The molecular weight excluding hydrogens is 293 g/mol. The first-order valence-corrected chi connectivity index (χ1v) is 7.42. The van der Waals surface area contributed by atoms with Crippen molar-refractivity contribution in [2.75, 3.05) is 13.1 Å². The molecule has 4 rings (SSSR count). The molecule has 1 N–H and O–H groups in total. The summed E-state index contributed by atoms with van der Waals surface area (Å²) in [7, 11) is 0. The Kier molecular flexibility index (Phi) is 3.38. The number of halogens is 1. The Balaban J connectivity index is 1.67. The minimum absolute atomic E-state index is 0.341. The summed E-state index contributed by atoms with van der Waals surface area (Å²) >= 11 is 0. The van der Waals surface area contributed by atoms with Crippen molar-refractivity contribution < 1.29 is 8.91 Å². The smallest absolute Gasteiger partial charge is 0.167 e. The number of rotatable bonds is 3. The highest BCUT2D eigenvalue weighted by molar-refractivity contribution is 6.00. The average Bonchev–Trinajstić information content (AvgIpc) is 3.27. The summed E-state index contributed by atoms with van der Waals surface area (Å²) in [5.41, 5.74) is 2.55. The van der Waals surface area contributed by atoms with E-state index in [9.17, 15) is 4.39 Å². The molecule has 1 aromatic heterocycles. The highest BCUT2D eigenvalue weighted by Gasteiger charge is 2.15. The van der Waals surface area contributed by atoms with Crippen LogP contribution in [0.15, 0.2) is 64.1 Å². The quantitative estimate of drug-likeness (QED) is 0.805. The Bertz CT molecular complexity index is 871. The van der Waals surface area contributed by atoms with Gasteiger partial charge in [-0.25, -0.2) is 4.39 Å². The number of hydrogen-bond acceptors (Lipinski definition) is 4. The molecule has 0 saturated carbocycles. The van der Waals surface area contributed by atoms with Crippen LogP contribution in [0.3, 0.4) is 0 Å². The van der Waals surface area contributed by atoms with Crippen molar-refractivity contribution in [3.05, 3.63) is 66.0 Å². The molecule has 0 aliphatic carbocycles. The summed E-state index contributed by atoms with van der Waals surface area (Å²) in [6.45, 7) is 1.52. The molecule has 2 aromatic carbocycles. The van der Waals surface area contributed by atoms with E-state index in [0.717, 1.165) is 30.1 Å². The third-order valence-corrected chi connectivity index (χ3v) is 3.76. The average molecular weight is 307 g/mol. The summed E-state index contributed by atoms with van der Waals surface area (Å²) in [6.07, 6.45) is 0. The number of benzene rings is 2. The SMILES string of the molecule is Fc1cc(C2=NCCN2)ccc1-c1cc(-c2ccccc2)on1. The van der Waals surface area contributed by atoms with Gasteiger partial charge < -0.3 is 9.84 Å². The Hall–Kier alpha value is -2.95. The Morgan fingerprint density at radius 1 is 1.00 bits per heavy atom. The van der Waals surface area contributed by atoms with Gasteiger partial charge in [0.1, 0.15) is 17.3 Å². The molecule has 0 saturated heterocycles. The second-order valence-corrected chi connectivity index (χ2v) is 5.29. The molecule has 0 radical (unpaired) electrons. The number of amidine groups is 1. The summed E-state index contributed by atoms with van der Waals surface area (Å²) in [5, 5.41) is 7.12. The summed E-state index contributed by atoms with van der Waals surface area (Å²) < 4.78 is 19.8. The monoisotopic (exact) mass is 307 g/mol. The molecular formula is C18H14FN3O. The van der Waals surface area contributed by atoms with Crippen LogP contribution in [0.4, 0.5) is 4.39 Å². The van der Waals surface area contributed by atoms with Crippen LogP contribution in [-0.2, 0) is 0 Å². The van der Waals surface area contributed by atoms with E-state index in [4.69, 9.17) is 4.52 Å². The summed E-state index contributed by atoms with van der Waals surface area (Å²) in [5.74, 6) is 1.01. The van der Waals surface area contributed by atoms with Gasteiger partial charge in [-0.2, -0.15) is 0 Å². The van der Waals surface area contributed by atoms with E-state index >= 15 is 0 Å².